The number of ether oxygens (including phenoxy) is 2. The lowest BCUT2D eigenvalue weighted by Gasteiger charge is -2.19. The van der Waals surface area contributed by atoms with Crippen molar-refractivity contribution in [3.8, 4) is 11.8 Å². The van der Waals surface area contributed by atoms with Gasteiger partial charge in [-0.2, -0.15) is 4.98 Å². The van der Waals surface area contributed by atoms with Crippen molar-refractivity contribution in [3.05, 3.63) is 46.7 Å². The van der Waals surface area contributed by atoms with Crippen LogP contribution < -0.4 is 14.8 Å². The Morgan fingerprint density at radius 1 is 1.20 bits per heavy atom. The summed E-state index contributed by atoms with van der Waals surface area (Å²) in [4.78, 5) is 8.62. The van der Waals surface area contributed by atoms with Crippen LogP contribution in [0.5, 0.6) is 11.8 Å². The summed E-state index contributed by atoms with van der Waals surface area (Å²) in [6.07, 6.45) is 1.55. The van der Waals surface area contributed by atoms with Crippen LogP contribution in [-0.2, 0) is 0 Å². The number of aromatic nitrogens is 2. The molecule has 0 aliphatic heterocycles. The van der Waals surface area contributed by atoms with E-state index in [1.165, 1.54) is 7.11 Å². The van der Waals surface area contributed by atoms with Crippen molar-refractivity contribution in [1.29, 1.82) is 0 Å². The van der Waals surface area contributed by atoms with E-state index < -0.39 is 0 Å². The molecule has 1 aromatic carbocycles. The monoisotopic (exact) mass is 293 g/mol. The molecule has 1 aromatic heterocycles. The van der Waals surface area contributed by atoms with Crippen LogP contribution in [0.15, 0.2) is 30.5 Å². The van der Waals surface area contributed by atoms with E-state index in [2.05, 4.69) is 15.3 Å². The maximum Gasteiger partial charge on any atom is 0.240 e. The molecule has 0 amide bonds. The van der Waals surface area contributed by atoms with Gasteiger partial charge in [-0.25, -0.2) is 4.98 Å². The van der Waals surface area contributed by atoms with Crippen LogP contribution in [0, 0.1) is 0 Å². The summed E-state index contributed by atoms with van der Waals surface area (Å²) >= 11 is 6.25. The largest absolute Gasteiger partial charge is 0.480 e. The van der Waals surface area contributed by atoms with Gasteiger partial charge in [0.1, 0.15) is 5.69 Å². The normalized spacial score (nSPS) is 12.0. The second-order valence-electron chi connectivity index (χ2n) is 4.05. The second kappa shape index (κ2) is 6.54. The van der Waals surface area contributed by atoms with Crippen molar-refractivity contribution in [1.82, 2.24) is 15.3 Å². The van der Waals surface area contributed by atoms with Crippen molar-refractivity contribution in [3.63, 3.8) is 0 Å². The molecule has 0 fully saturated rings. The Bertz CT molecular complexity index is 592. The topological polar surface area (TPSA) is 56.3 Å². The van der Waals surface area contributed by atoms with Gasteiger partial charge in [0.15, 0.2) is 0 Å². The molecule has 0 aliphatic carbocycles. The molecule has 1 N–H and O–H groups in total. The van der Waals surface area contributed by atoms with Crippen LogP contribution in [0.1, 0.15) is 17.3 Å². The molecule has 0 bridgehead atoms. The summed E-state index contributed by atoms with van der Waals surface area (Å²) in [7, 11) is 4.92. The van der Waals surface area contributed by atoms with Gasteiger partial charge in [-0.3, -0.25) is 0 Å². The van der Waals surface area contributed by atoms with Crippen LogP contribution in [0.2, 0.25) is 5.02 Å². The Kier molecular flexibility index (Phi) is 4.76. The molecule has 6 heteroatoms. The molecule has 20 heavy (non-hydrogen) atoms. The van der Waals surface area contributed by atoms with E-state index >= 15 is 0 Å². The molecule has 0 saturated heterocycles. The van der Waals surface area contributed by atoms with Crippen LogP contribution in [-0.4, -0.2) is 31.2 Å². The van der Waals surface area contributed by atoms with Gasteiger partial charge in [0.2, 0.25) is 11.8 Å². The molecule has 2 aromatic rings. The molecule has 1 heterocycles. The fraction of sp³-hybridized carbons (Fsp3) is 0.286. The molecule has 106 valence electrons. The van der Waals surface area contributed by atoms with Crippen LogP contribution in [0.25, 0.3) is 0 Å². The molecule has 0 spiro atoms. The van der Waals surface area contributed by atoms with E-state index in [0.717, 1.165) is 5.56 Å². The van der Waals surface area contributed by atoms with Crippen molar-refractivity contribution in [2.75, 3.05) is 21.3 Å². The van der Waals surface area contributed by atoms with Gasteiger partial charge in [-0.15, -0.1) is 0 Å². The number of rotatable bonds is 5. The molecule has 0 radical (unpaired) electrons. The number of hydrogen-bond donors (Lipinski definition) is 1. The fourth-order valence-electron chi connectivity index (χ4n) is 1.96. The van der Waals surface area contributed by atoms with E-state index in [1.807, 2.05) is 31.3 Å². The summed E-state index contributed by atoms with van der Waals surface area (Å²) in [6.45, 7) is 0. The van der Waals surface area contributed by atoms with Gasteiger partial charge in [-0.1, -0.05) is 29.8 Å². The molecule has 1 unspecified atom stereocenters. The highest BCUT2D eigenvalue weighted by molar-refractivity contribution is 6.31. The highest BCUT2D eigenvalue weighted by Gasteiger charge is 2.22. The first-order chi connectivity index (χ1) is 9.71. The summed E-state index contributed by atoms with van der Waals surface area (Å²) < 4.78 is 10.3. The summed E-state index contributed by atoms with van der Waals surface area (Å²) in [6, 6.07) is 7.38. The zero-order valence-electron chi connectivity index (χ0n) is 11.6. The highest BCUT2D eigenvalue weighted by atomic mass is 35.5. The van der Waals surface area contributed by atoms with E-state index in [1.54, 1.807) is 13.3 Å². The number of hydrogen-bond acceptors (Lipinski definition) is 5. The number of methoxy groups -OCH3 is 2. The first-order valence-electron chi connectivity index (χ1n) is 6.07. The minimum Gasteiger partial charge on any atom is -0.480 e. The van der Waals surface area contributed by atoms with Crippen molar-refractivity contribution in [2.24, 2.45) is 0 Å². The zero-order chi connectivity index (χ0) is 14.5. The Balaban J connectivity index is 2.49. The van der Waals surface area contributed by atoms with E-state index in [0.29, 0.717) is 22.5 Å². The molecule has 0 aliphatic rings. The van der Waals surface area contributed by atoms with Crippen LogP contribution >= 0.6 is 11.6 Å². The molecule has 5 nitrogen and oxygen atoms in total. The number of nitrogens with zero attached hydrogens (tertiary/aromatic N) is 2. The molecule has 0 saturated carbocycles. The second-order valence-corrected chi connectivity index (χ2v) is 4.46. The first kappa shape index (κ1) is 14.6. The predicted molar refractivity (Wildman–Crippen MR) is 77.5 cm³/mol. The van der Waals surface area contributed by atoms with Gasteiger partial charge < -0.3 is 14.8 Å². The number of nitrogens with one attached hydrogen (secondary N) is 1. The molecular weight excluding hydrogens is 278 g/mol. The maximum absolute atomic E-state index is 6.25. The average molecular weight is 294 g/mol. The number of benzene rings is 1. The molecule has 1 atom stereocenters. The lowest BCUT2D eigenvalue weighted by atomic mass is 10.0. The summed E-state index contributed by atoms with van der Waals surface area (Å²) in [5, 5.41) is 3.84. The maximum atomic E-state index is 6.25. The quantitative estimate of drug-likeness (QED) is 0.918. The summed E-state index contributed by atoms with van der Waals surface area (Å²) in [5.74, 6) is 0.809. The molecular formula is C14H16ClN3O2. The average Bonchev–Trinajstić information content (AvgIpc) is 2.50. The van der Waals surface area contributed by atoms with Gasteiger partial charge in [0.05, 0.1) is 26.5 Å². The third kappa shape index (κ3) is 2.84. The lowest BCUT2D eigenvalue weighted by Crippen LogP contribution is -2.20. The zero-order valence-corrected chi connectivity index (χ0v) is 12.3. The van der Waals surface area contributed by atoms with E-state index in [4.69, 9.17) is 21.1 Å². The minimum atomic E-state index is -0.211. The van der Waals surface area contributed by atoms with E-state index in [-0.39, 0.29) is 6.04 Å². The van der Waals surface area contributed by atoms with Crippen molar-refractivity contribution in [2.45, 2.75) is 6.04 Å². The van der Waals surface area contributed by atoms with Crippen LogP contribution in [0.4, 0.5) is 0 Å². The third-order valence-electron chi connectivity index (χ3n) is 2.93. The standard InChI is InChI=1S/C14H16ClN3O2/c1-16-12(9-6-4-5-7-10(9)15)13-14(20-3)18-11(19-2)8-17-13/h4-8,12,16H,1-3H3. The van der Waals surface area contributed by atoms with Gasteiger partial charge in [0.25, 0.3) is 0 Å². The van der Waals surface area contributed by atoms with Crippen molar-refractivity contribution < 1.29 is 9.47 Å². The van der Waals surface area contributed by atoms with Gasteiger partial charge in [-0.05, 0) is 18.7 Å². The van der Waals surface area contributed by atoms with Gasteiger partial charge >= 0.3 is 0 Å². The smallest absolute Gasteiger partial charge is 0.240 e. The Morgan fingerprint density at radius 3 is 2.55 bits per heavy atom. The van der Waals surface area contributed by atoms with E-state index in [9.17, 15) is 0 Å². The Morgan fingerprint density at radius 2 is 1.95 bits per heavy atom. The van der Waals surface area contributed by atoms with Crippen LogP contribution in [0.3, 0.4) is 0 Å². The first-order valence-corrected chi connectivity index (χ1v) is 6.45. The summed E-state index contributed by atoms with van der Waals surface area (Å²) in [5.41, 5.74) is 1.57. The Labute approximate surface area is 122 Å². The predicted octanol–water partition coefficient (Wildman–Crippen LogP) is 2.46. The minimum absolute atomic E-state index is 0.211. The highest BCUT2D eigenvalue weighted by Crippen LogP contribution is 2.31. The lowest BCUT2D eigenvalue weighted by molar-refractivity contribution is 0.353. The van der Waals surface area contributed by atoms with Gasteiger partial charge in [0, 0.05) is 5.02 Å². The van der Waals surface area contributed by atoms with Crippen molar-refractivity contribution >= 4 is 11.6 Å². The SMILES string of the molecule is CNC(c1ccccc1Cl)c1ncc(OC)nc1OC. The third-order valence-corrected chi connectivity index (χ3v) is 3.27. The Hall–Kier alpha value is -1.85. The molecule has 2 rings (SSSR count). The fourth-order valence-corrected chi connectivity index (χ4v) is 2.21. The number of halogens is 1.